The number of hydrogen-bond acceptors (Lipinski definition) is 5. The molecule has 0 bridgehead atoms. The summed E-state index contributed by atoms with van der Waals surface area (Å²) in [5.41, 5.74) is 3.00. The molecule has 34 heavy (non-hydrogen) atoms. The van der Waals surface area contributed by atoms with E-state index in [9.17, 15) is 13.2 Å². The Labute approximate surface area is 195 Å². The third-order valence-electron chi connectivity index (χ3n) is 5.82. The number of aromatic nitrogens is 3. The van der Waals surface area contributed by atoms with Gasteiger partial charge in [0, 0.05) is 36.0 Å². The van der Waals surface area contributed by atoms with Crippen LogP contribution in [-0.2, 0) is 4.74 Å². The summed E-state index contributed by atoms with van der Waals surface area (Å²) in [6.07, 6.45) is 3.18. The van der Waals surface area contributed by atoms with Crippen LogP contribution in [0.3, 0.4) is 0 Å². The van der Waals surface area contributed by atoms with Crippen molar-refractivity contribution in [1.29, 1.82) is 0 Å². The van der Waals surface area contributed by atoms with Gasteiger partial charge >= 0.3 is 6.55 Å². The second-order valence-corrected chi connectivity index (χ2v) is 8.53. The van der Waals surface area contributed by atoms with Crippen LogP contribution in [0.2, 0.25) is 0 Å². The number of ether oxygens (including phenoxy) is 1. The van der Waals surface area contributed by atoms with Crippen molar-refractivity contribution in [1.82, 2.24) is 14.8 Å². The Morgan fingerprint density at radius 1 is 1.03 bits per heavy atom. The first kappa shape index (κ1) is 22.2. The lowest BCUT2D eigenvalue weighted by Gasteiger charge is -2.37. The van der Waals surface area contributed by atoms with Gasteiger partial charge in [0.25, 0.3) is 0 Å². The van der Waals surface area contributed by atoms with Crippen LogP contribution in [0.4, 0.5) is 30.4 Å². The van der Waals surface area contributed by atoms with Gasteiger partial charge in [0.2, 0.25) is 0 Å². The number of alkyl halides is 2. The number of rotatable bonds is 5. The van der Waals surface area contributed by atoms with Crippen molar-refractivity contribution in [2.75, 3.05) is 23.3 Å². The first-order valence-electron chi connectivity index (χ1n) is 11.1. The molecule has 9 heteroatoms. The van der Waals surface area contributed by atoms with Gasteiger partial charge in [-0.1, -0.05) is 6.07 Å². The van der Waals surface area contributed by atoms with Crippen LogP contribution < -0.4 is 10.2 Å². The molecule has 1 N–H and O–H groups in total. The summed E-state index contributed by atoms with van der Waals surface area (Å²) >= 11 is 0. The maximum Gasteiger partial charge on any atom is 0.333 e. The van der Waals surface area contributed by atoms with Crippen molar-refractivity contribution in [2.24, 2.45) is 0 Å². The van der Waals surface area contributed by atoms with Crippen LogP contribution in [-0.4, -0.2) is 40.1 Å². The van der Waals surface area contributed by atoms with E-state index in [0.717, 1.165) is 24.5 Å². The zero-order valence-electron chi connectivity index (χ0n) is 18.8. The van der Waals surface area contributed by atoms with Crippen molar-refractivity contribution < 1.29 is 17.9 Å². The van der Waals surface area contributed by atoms with Crippen molar-refractivity contribution in [2.45, 2.75) is 32.6 Å². The Morgan fingerprint density at radius 3 is 2.59 bits per heavy atom. The molecule has 2 atom stereocenters. The van der Waals surface area contributed by atoms with E-state index >= 15 is 0 Å². The SMILES string of the molecule is C[C@@H]1CN(c2cccc(Nc3cc(-c4cc(F)c5c(cnn5C(F)F)c4)ccn3)c2)C[C@H](C)O1. The van der Waals surface area contributed by atoms with Gasteiger partial charge in [0.15, 0.2) is 0 Å². The largest absolute Gasteiger partial charge is 0.372 e. The van der Waals surface area contributed by atoms with E-state index < -0.39 is 12.4 Å². The smallest absolute Gasteiger partial charge is 0.333 e. The van der Waals surface area contributed by atoms with Crippen LogP contribution >= 0.6 is 0 Å². The van der Waals surface area contributed by atoms with Crippen LogP contribution in [0.5, 0.6) is 0 Å². The topological polar surface area (TPSA) is 55.2 Å². The molecule has 0 unspecified atom stereocenters. The molecule has 0 aliphatic carbocycles. The van der Waals surface area contributed by atoms with E-state index in [0.29, 0.717) is 27.0 Å². The highest BCUT2D eigenvalue weighted by Crippen LogP contribution is 2.31. The predicted molar refractivity (Wildman–Crippen MR) is 126 cm³/mol. The molecule has 3 heterocycles. The number of halogens is 3. The fourth-order valence-electron chi connectivity index (χ4n) is 4.45. The average molecular weight is 467 g/mol. The second-order valence-electron chi connectivity index (χ2n) is 8.53. The van der Waals surface area contributed by atoms with Gasteiger partial charge < -0.3 is 15.0 Å². The van der Waals surface area contributed by atoms with Crippen LogP contribution in [0.15, 0.2) is 60.9 Å². The third-order valence-corrected chi connectivity index (χ3v) is 5.82. The molecule has 0 saturated carbocycles. The first-order valence-corrected chi connectivity index (χ1v) is 11.1. The van der Waals surface area contributed by atoms with Gasteiger partial charge in [-0.25, -0.2) is 14.1 Å². The van der Waals surface area contributed by atoms with Gasteiger partial charge in [0.05, 0.1) is 18.4 Å². The van der Waals surface area contributed by atoms with Crippen LogP contribution in [0, 0.1) is 5.82 Å². The van der Waals surface area contributed by atoms with E-state index in [-0.39, 0.29) is 17.7 Å². The molecule has 1 aliphatic rings. The number of fused-ring (bicyclic) bond motifs is 1. The Balaban J connectivity index is 1.40. The summed E-state index contributed by atoms with van der Waals surface area (Å²) in [6.45, 7) is 2.86. The molecule has 176 valence electrons. The van der Waals surface area contributed by atoms with Crippen LogP contribution in [0.1, 0.15) is 20.4 Å². The molecular formula is C25H24F3N5O. The van der Waals surface area contributed by atoms with Crippen molar-refractivity contribution >= 4 is 28.1 Å². The number of morpholine rings is 1. The zero-order chi connectivity index (χ0) is 23.8. The third kappa shape index (κ3) is 4.43. The quantitative estimate of drug-likeness (QED) is 0.391. The number of pyridine rings is 1. The maximum absolute atomic E-state index is 14.7. The summed E-state index contributed by atoms with van der Waals surface area (Å²) in [5, 5.41) is 7.23. The van der Waals surface area contributed by atoms with E-state index in [4.69, 9.17) is 4.74 Å². The Hall–Kier alpha value is -3.59. The number of benzene rings is 2. The molecule has 0 spiro atoms. The van der Waals surface area contributed by atoms with Gasteiger partial charge in [-0.05, 0) is 67.4 Å². The lowest BCUT2D eigenvalue weighted by molar-refractivity contribution is -0.00521. The van der Waals surface area contributed by atoms with E-state index in [1.807, 2.05) is 12.1 Å². The lowest BCUT2D eigenvalue weighted by Crippen LogP contribution is -2.45. The summed E-state index contributed by atoms with van der Waals surface area (Å²) in [4.78, 5) is 6.68. The fraction of sp³-hybridized carbons (Fsp3) is 0.280. The molecule has 4 aromatic rings. The molecule has 2 aromatic carbocycles. The van der Waals surface area contributed by atoms with Gasteiger partial charge in [-0.15, -0.1) is 0 Å². The van der Waals surface area contributed by atoms with Gasteiger partial charge in [-0.2, -0.15) is 13.9 Å². The Kier molecular flexibility index (Phi) is 5.87. The summed E-state index contributed by atoms with van der Waals surface area (Å²) in [5.74, 6) is -0.166. The minimum atomic E-state index is -2.91. The predicted octanol–water partition coefficient (Wildman–Crippen LogP) is 5.99. The normalized spacial score (nSPS) is 18.6. The van der Waals surface area contributed by atoms with Crippen molar-refractivity contribution in [3.8, 4) is 11.1 Å². The van der Waals surface area contributed by atoms with E-state index in [1.165, 1.54) is 12.3 Å². The fourth-order valence-corrected chi connectivity index (χ4v) is 4.45. The number of anilines is 3. The Bertz CT molecular complexity index is 1320. The molecule has 2 aromatic heterocycles. The Morgan fingerprint density at radius 2 is 1.82 bits per heavy atom. The highest BCUT2D eigenvalue weighted by Gasteiger charge is 2.22. The summed E-state index contributed by atoms with van der Waals surface area (Å²) < 4.78 is 47.1. The summed E-state index contributed by atoms with van der Waals surface area (Å²) in [6, 6.07) is 14.5. The monoisotopic (exact) mass is 467 g/mol. The van der Waals surface area contributed by atoms with Crippen LogP contribution in [0.25, 0.3) is 22.0 Å². The molecule has 0 radical (unpaired) electrons. The van der Waals surface area contributed by atoms with Crippen molar-refractivity contribution in [3.05, 3.63) is 66.7 Å². The molecule has 1 aliphatic heterocycles. The zero-order valence-corrected chi connectivity index (χ0v) is 18.8. The minimum Gasteiger partial charge on any atom is -0.372 e. The molecule has 5 rings (SSSR count). The van der Waals surface area contributed by atoms with E-state index in [1.54, 1.807) is 24.4 Å². The van der Waals surface area contributed by atoms with Gasteiger partial charge in [-0.3, -0.25) is 0 Å². The number of nitrogens with one attached hydrogen (secondary N) is 1. The molecular weight excluding hydrogens is 443 g/mol. The summed E-state index contributed by atoms with van der Waals surface area (Å²) in [7, 11) is 0. The highest BCUT2D eigenvalue weighted by molar-refractivity contribution is 5.85. The lowest BCUT2D eigenvalue weighted by atomic mass is 10.0. The molecule has 1 fully saturated rings. The van der Waals surface area contributed by atoms with E-state index in [2.05, 4.69) is 46.3 Å². The number of hydrogen-bond donors (Lipinski definition) is 1. The maximum atomic E-state index is 14.7. The van der Waals surface area contributed by atoms with Crippen molar-refractivity contribution in [3.63, 3.8) is 0 Å². The molecule has 1 saturated heterocycles. The minimum absolute atomic E-state index is 0.157. The number of nitrogens with zero attached hydrogens (tertiary/aromatic N) is 4. The molecule has 6 nitrogen and oxygen atoms in total. The molecule has 0 amide bonds. The average Bonchev–Trinajstić information content (AvgIpc) is 3.24. The standard InChI is InChI=1S/C25H24F3N5O/c1-15-13-32(14-16(2)34-15)21-5-3-4-20(11-21)31-23-10-17(6-7-29-23)18-8-19-12-30-33(25(27)28)24(19)22(26)9-18/h3-12,15-16,25H,13-14H2,1-2H3,(H,29,31)/t15-,16+. The second kappa shape index (κ2) is 8.98. The highest BCUT2D eigenvalue weighted by atomic mass is 19.3. The van der Waals surface area contributed by atoms with Gasteiger partial charge in [0.1, 0.15) is 17.2 Å². The first-order chi connectivity index (χ1) is 16.4.